The Bertz CT molecular complexity index is 1140. The second-order valence-electron chi connectivity index (χ2n) is 6.90. The van der Waals surface area contributed by atoms with Crippen molar-refractivity contribution in [3.05, 3.63) is 88.6 Å². The molecule has 0 spiro atoms. The van der Waals surface area contributed by atoms with Gasteiger partial charge in [0.25, 0.3) is 0 Å². The van der Waals surface area contributed by atoms with Gasteiger partial charge in [0.1, 0.15) is 0 Å². The van der Waals surface area contributed by atoms with Gasteiger partial charge >= 0.3 is 6.03 Å². The van der Waals surface area contributed by atoms with E-state index in [-0.39, 0.29) is 18.4 Å². The van der Waals surface area contributed by atoms with Crippen molar-refractivity contribution in [3.63, 3.8) is 0 Å². The molecule has 152 valence electrons. The predicted octanol–water partition coefficient (Wildman–Crippen LogP) is 5.88. The van der Waals surface area contributed by atoms with Crippen LogP contribution in [0.4, 0.5) is 10.5 Å². The number of urea groups is 1. The number of aromatic nitrogens is 1. The molecular formula is C23H19Cl2N3O2. The number of ketones is 1. The quantitative estimate of drug-likeness (QED) is 0.407. The van der Waals surface area contributed by atoms with Crippen LogP contribution in [0.2, 0.25) is 10.0 Å². The van der Waals surface area contributed by atoms with Crippen LogP contribution in [0.5, 0.6) is 0 Å². The highest BCUT2D eigenvalue weighted by atomic mass is 35.5. The van der Waals surface area contributed by atoms with Crippen molar-refractivity contribution in [2.45, 2.75) is 13.1 Å². The number of nitrogens with zero attached hydrogens (tertiary/aromatic N) is 2. The van der Waals surface area contributed by atoms with Crippen molar-refractivity contribution >= 4 is 40.7 Å². The molecule has 0 atom stereocenters. The summed E-state index contributed by atoms with van der Waals surface area (Å²) in [5.41, 5.74) is 3.32. The van der Waals surface area contributed by atoms with Gasteiger partial charge in [0, 0.05) is 13.1 Å². The van der Waals surface area contributed by atoms with E-state index in [1.807, 2.05) is 34.9 Å². The lowest BCUT2D eigenvalue weighted by molar-refractivity contribution is 0.104. The van der Waals surface area contributed by atoms with Gasteiger partial charge in [0.2, 0.25) is 0 Å². The molecular weight excluding hydrogens is 421 g/mol. The molecule has 1 aliphatic rings. The third-order valence-corrected chi connectivity index (χ3v) is 5.83. The molecule has 1 N–H and O–H groups in total. The second kappa shape index (κ2) is 8.38. The highest BCUT2D eigenvalue weighted by molar-refractivity contribution is 6.37. The summed E-state index contributed by atoms with van der Waals surface area (Å²) in [6.07, 6.45) is 1.25. The van der Waals surface area contributed by atoms with Crippen LogP contribution in [0.3, 0.4) is 0 Å². The summed E-state index contributed by atoms with van der Waals surface area (Å²) in [4.78, 5) is 27.1. The summed E-state index contributed by atoms with van der Waals surface area (Å²) >= 11 is 12.8. The zero-order chi connectivity index (χ0) is 21.3. The number of carbonyl (C=O) groups is 2. The molecule has 0 fully saturated rings. The summed E-state index contributed by atoms with van der Waals surface area (Å²) < 4.78 is 2.02. The van der Waals surface area contributed by atoms with E-state index in [4.69, 9.17) is 23.2 Å². The van der Waals surface area contributed by atoms with Crippen LogP contribution in [0, 0.1) is 0 Å². The first-order chi connectivity index (χ1) is 14.5. The van der Waals surface area contributed by atoms with Crippen LogP contribution in [0.15, 0.2) is 67.3 Å². The number of hydrogen-bond acceptors (Lipinski definition) is 2. The van der Waals surface area contributed by atoms with Gasteiger partial charge in [0.05, 0.1) is 39.2 Å². The van der Waals surface area contributed by atoms with Gasteiger partial charge in [-0.05, 0) is 23.8 Å². The summed E-state index contributed by atoms with van der Waals surface area (Å²) in [5.74, 6) is -0.265. The normalized spacial score (nSPS) is 12.9. The highest BCUT2D eigenvalue weighted by Crippen LogP contribution is 2.38. The first kappa shape index (κ1) is 20.3. The zero-order valence-electron chi connectivity index (χ0n) is 16.1. The van der Waals surface area contributed by atoms with E-state index >= 15 is 0 Å². The molecule has 0 saturated heterocycles. The minimum Gasteiger partial charge on any atom is -0.339 e. The minimum absolute atomic E-state index is 0.248. The average molecular weight is 440 g/mol. The van der Waals surface area contributed by atoms with Gasteiger partial charge in [-0.2, -0.15) is 0 Å². The van der Waals surface area contributed by atoms with Crippen molar-refractivity contribution in [2.75, 3.05) is 11.9 Å². The van der Waals surface area contributed by atoms with Gasteiger partial charge in [-0.15, -0.1) is 0 Å². The Hall–Kier alpha value is -3.02. The lowest BCUT2D eigenvalue weighted by Crippen LogP contribution is -2.41. The molecule has 30 heavy (non-hydrogen) atoms. The SMILES string of the molecule is C=CC(=O)c1c(Cl)c(-c2ccccc2)n2c1CN(C(=O)Nc1ccccc1Cl)CC2. The molecule has 3 aromatic rings. The lowest BCUT2D eigenvalue weighted by atomic mass is 10.1. The molecule has 2 heterocycles. The van der Waals surface area contributed by atoms with Gasteiger partial charge < -0.3 is 14.8 Å². The fourth-order valence-corrected chi connectivity index (χ4v) is 4.28. The van der Waals surface area contributed by atoms with Crippen LogP contribution in [0.25, 0.3) is 11.3 Å². The van der Waals surface area contributed by atoms with E-state index in [9.17, 15) is 9.59 Å². The third-order valence-electron chi connectivity index (χ3n) is 5.13. The first-order valence-corrected chi connectivity index (χ1v) is 10.2. The van der Waals surface area contributed by atoms with Crippen molar-refractivity contribution in [1.82, 2.24) is 9.47 Å². The third kappa shape index (κ3) is 3.62. The number of para-hydroxylation sites is 1. The van der Waals surface area contributed by atoms with Crippen molar-refractivity contribution in [3.8, 4) is 11.3 Å². The lowest BCUT2D eigenvalue weighted by Gasteiger charge is -2.30. The molecule has 5 nitrogen and oxygen atoms in total. The monoisotopic (exact) mass is 439 g/mol. The number of allylic oxidation sites excluding steroid dienone is 1. The molecule has 2 amide bonds. The number of halogens is 2. The summed E-state index contributed by atoms with van der Waals surface area (Å²) in [7, 11) is 0. The van der Waals surface area contributed by atoms with E-state index in [0.717, 1.165) is 11.3 Å². The Morgan fingerprint density at radius 1 is 1.00 bits per heavy atom. The maximum absolute atomic E-state index is 12.9. The van der Waals surface area contributed by atoms with Crippen molar-refractivity contribution in [2.24, 2.45) is 0 Å². The van der Waals surface area contributed by atoms with Gasteiger partial charge in [-0.1, -0.05) is 72.2 Å². The Morgan fingerprint density at radius 3 is 2.40 bits per heavy atom. The van der Waals surface area contributed by atoms with Crippen LogP contribution in [-0.4, -0.2) is 27.8 Å². The molecule has 7 heteroatoms. The second-order valence-corrected chi connectivity index (χ2v) is 7.69. The van der Waals surface area contributed by atoms with Gasteiger partial charge in [-0.3, -0.25) is 4.79 Å². The molecule has 0 aliphatic carbocycles. The van der Waals surface area contributed by atoms with E-state index < -0.39 is 0 Å². The molecule has 0 radical (unpaired) electrons. The molecule has 4 rings (SSSR count). The number of fused-ring (bicyclic) bond motifs is 1. The molecule has 1 aromatic heterocycles. The molecule has 0 saturated carbocycles. The topological polar surface area (TPSA) is 54.3 Å². The number of anilines is 1. The molecule has 2 aromatic carbocycles. The van der Waals surface area contributed by atoms with Crippen LogP contribution in [0.1, 0.15) is 16.1 Å². The van der Waals surface area contributed by atoms with Crippen molar-refractivity contribution in [1.29, 1.82) is 0 Å². The summed E-state index contributed by atoms with van der Waals surface area (Å²) in [6, 6.07) is 16.4. The van der Waals surface area contributed by atoms with Gasteiger partial charge in [0.15, 0.2) is 5.78 Å². The number of benzene rings is 2. The minimum atomic E-state index is -0.287. The fraction of sp³-hybridized carbons (Fsp3) is 0.130. The maximum Gasteiger partial charge on any atom is 0.322 e. The number of amides is 2. The summed E-state index contributed by atoms with van der Waals surface area (Å²) in [6.45, 7) is 4.83. The maximum atomic E-state index is 12.9. The Kier molecular flexibility index (Phi) is 5.66. The number of carbonyl (C=O) groups excluding carboxylic acids is 2. The number of rotatable bonds is 4. The van der Waals surface area contributed by atoms with E-state index in [1.54, 1.807) is 29.2 Å². The smallest absolute Gasteiger partial charge is 0.322 e. The Labute approximate surface area is 184 Å². The number of hydrogen-bond donors (Lipinski definition) is 1. The van der Waals surface area contributed by atoms with Gasteiger partial charge in [-0.25, -0.2) is 4.79 Å². The molecule has 1 aliphatic heterocycles. The first-order valence-electron chi connectivity index (χ1n) is 9.44. The van der Waals surface area contributed by atoms with Crippen molar-refractivity contribution < 1.29 is 9.59 Å². The van der Waals surface area contributed by atoms with Crippen LogP contribution < -0.4 is 5.32 Å². The average Bonchev–Trinajstić information content (AvgIpc) is 3.06. The molecule has 0 bridgehead atoms. The van der Waals surface area contributed by atoms with Crippen LogP contribution in [-0.2, 0) is 13.1 Å². The number of nitrogens with one attached hydrogen (secondary N) is 1. The van der Waals surface area contributed by atoms with E-state index in [2.05, 4.69) is 11.9 Å². The highest BCUT2D eigenvalue weighted by Gasteiger charge is 2.31. The standard InChI is InChI=1S/C23H19Cl2N3O2/c1-2-19(29)20-18-14-27(23(30)26-17-11-7-6-10-16(17)24)12-13-28(18)22(21(20)25)15-8-4-3-5-9-15/h2-11H,1,12-14H2,(H,26,30). The van der Waals surface area contributed by atoms with Crippen LogP contribution >= 0.6 is 23.2 Å². The van der Waals surface area contributed by atoms with E-state index in [0.29, 0.717) is 40.1 Å². The Balaban J connectivity index is 1.70. The Morgan fingerprint density at radius 2 is 1.70 bits per heavy atom. The predicted molar refractivity (Wildman–Crippen MR) is 120 cm³/mol. The fourth-order valence-electron chi connectivity index (χ4n) is 3.69. The molecule has 0 unspecified atom stereocenters. The zero-order valence-corrected chi connectivity index (χ0v) is 17.6. The largest absolute Gasteiger partial charge is 0.339 e. The van der Waals surface area contributed by atoms with E-state index in [1.165, 1.54) is 6.08 Å². The summed E-state index contributed by atoms with van der Waals surface area (Å²) in [5, 5.41) is 3.68.